The minimum absolute atomic E-state index is 0.193. The molecule has 0 radical (unpaired) electrons. The Labute approximate surface area is 108 Å². The lowest BCUT2D eigenvalue weighted by Gasteiger charge is -2.01. The third kappa shape index (κ3) is 5.21. The molecule has 0 rings (SSSR count). The van der Waals surface area contributed by atoms with Gasteiger partial charge in [0.25, 0.3) is 0 Å². The fourth-order valence-electron chi connectivity index (χ4n) is 1.23. The average molecular weight is 242 g/mol. The highest BCUT2D eigenvalue weighted by Gasteiger charge is 2.13. The maximum Gasteiger partial charge on any atom is 0.170 e. The van der Waals surface area contributed by atoms with Crippen molar-refractivity contribution in [1.82, 2.24) is 0 Å². The van der Waals surface area contributed by atoms with Crippen molar-refractivity contribution in [2.24, 2.45) is 0 Å². The Morgan fingerprint density at radius 2 is 1.44 bits per heavy atom. The Bertz CT molecular complexity index is 446. The zero-order valence-electron chi connectivity index (χ0n) is 10.7. The lowest BCUT2D eigenvalue weighted by atomic mass is 10.0. The number of rotatable bonds is 8. The van der Waals surface area contributed by atoms with E-state index in [0.717, 1.165) is 0 Å². The average Bonchev–Trinajstić information content (AvgIpc) is 2.36. The van der Waals surface area contributed by atoms with Crippen LogP contribution in [0, 0.1) is 0 Å². The van der Waals surface area contributed by atoms with E-state index in [1.807, 2.05) is 6.92 Å². The van der Waals surface area contributed by atoms with Gasteiger partial charge in [0.2, 0.25) is 0 Å². The normalized spacial score (nSPS) is 12.3. The van der Waals surface area contributed by atoms with Crippen LogP contribution in [0.3, 0.4) is 0 Å². The molecule has 0 aliphatic carbocycles. The maximum absolute atomic E-state index is 11.8. The molecule has 0 spiro atoms. The van der Waals surface area contributed by atoms with E-state index in [2.05, 4.69) is 19.7 Å². The molecule has 0 bridgehead atoms. The molecular formula is C16H18O2. The van der Waals surface area contributed by atoms with E-state index in [0.29, 0.717) is 11.1 Å². The highest BCUT2D eigenvalue weighted by molar-refractivity contribution is 6.15. The van der Waals surface area contributed by atoms with Crippen molar-refractivity contribution in [2.75, 3.05) is 0 Å². The second-order valence-electron chi connectivity index (χ2n) is 3.44. The summed E-state index contributed by atoms with van der Waals surface area (Å²) in [4.78, 5) is 23.6. The van der Waals surface area contributed by atoms with Gasteiger partial charge in [-0.15, -0.1) is 0 Å². The monoisotopic (exact) mass is 242 g/mol. The molecule has 0 heterocycles. The van der Waals surface area contributed by atoms with Gasteiger partial charge in [0, 0.05) is 11.1 Å². The lowest BCUT2D eigenvalue weighted by Crippen LogP contribution is -2.10. The van der Waals surface area contributed by atoms with Crippen LogP contribution in [0.25, 0.3) is 0 Å². The molecule has 0 aliphatic heterocycles. The Hall–Kier alpha value is -2.22. The predicted molar refractivity (Wildman–Crippen MR) is 76.2 cm³/mol. The first kappa shape index (κ1) is 15.8. The van der Waals surface area contributed by atoms with Crippen molar-refractivity contribution in [2.45, 2.75) is 13.3 Å². The number of allylic oxidation sites excluding steroid dienone is 9. The number of Topliss-reactive ketones (excluding diaryl/α,β-unsaturated/α-hetero) is 2. The number of carbonyl (C=O) groups excluding carboxylic acids is 2. The predicted octanol–water partition coefficient (Wildman–Crippen LogP) is 3.50. The van der Waals surface area contributed by atoms with Gasteiger partial charge in [-0.1, -0.05) is 62.3 Å². The van der Waals surface area contributed by atoms with Gasteiger partial charge in [0.05, 0.1) is 6.42 Å². The summed E-state index contributed by atoms with van der Waals surface area (Å²) in [6.07, 6.45) is 10.9. The fraction of sp³-hybridized carbons (Fsp3) is 0.125. The maximum atomic E-state index is 11.8. The van der Waals surface area contributed by atoms with Gasteiger partial charge in [0.15, 0.2) is 11.6 Å². The highest BCUT2D eigenvalue weighted by Crippen LogP contribution is 2.08. The first-order valence-corrected chi connectivity index (χ1v) is 5.57. The molecule has 0 unspecified atom stereocenters. The number of hydrogen-bond donors (Lipinski definition) is 0. The quantitative estimate of drug-likeness (QED) is 0.371. The molecule has 0 aromatic rings. The van der Waals surface area contributed by atoms with Gasteiger partial charge >= 0.3 is 0 Å². The molecule has 0 saturated carbocycles. The third-order valence-electron chi connectivity index (χ3n) is 2.17. The molecule has 18 heavy (non-hydrogen) atoms. The van der Waals surface area contributed by atoms with E-state index in [-0.39, 0.29) is 18.0 Å². The van der Waals surface area contributed by atoms with E-state index in [9.17, 15) is 9.59 Å². The van der Waals surface area contributed by atoms with E-state index in [1.165, 1.54) is 24.3 Å². The van der Waals surface area contributed by atoms with E-state index < -0.39 is 0 Å². The first-order chi connectivity index (χ1) is 8.60. The van der Waals surface area contributed by atoms with Crippen LogP contribution in [0.4, 0.5) is 0 Å². The van der Waals surface area contributed by atoms with Crippen LogP contribution in [0.15, 0.2) is 73.4 Å². The van der Waals surface area contributed by atoms with Gasteiger partial charge in [-0.2, -0.15) is 0 Å². The van der Waals surface area contributed by atoms with Crippen molar-refractivity contribution in [3.8, 4) is 0 Å². The smallest absolute Gasteiger partial charge is 0.170 e. The van der Waals surface area contributed by atoms with Crippen LogP contribution in [-0.4, -0.2) is 11.6 Å². The molecule has 0 amide bonds. The Morgan fingerprint density at radius 3 is 1.83 bits per heavy atom. The van der Waals surface area contributed by atoms with E-state index in [4.69, 9.17) is 0 Å². The molecule has 0 aromatic carbocycles. The van der Waals surface area contributed by atoms with Crippen molar-refractivity contribution >= 4 is 11.6 Å². The molecular weight excluding hydrogens is 224 g/mol. The molecule has 0 aliphatic rings. The van der Waals surface area contributed by atoms with Crippen LogP contribution >= 0.6 is 0 Å². The van der Waals surface area contributed by atoms with Crippen molar-refractivity contribution in [3.05, 3.63) is 73.4 Å². The molecule has 2 heteroatoms. The van der Waals surface area contributed by atoms with Gasteiger partial charge < -0.3 is 0 Å². The molecule has 0 saturated heterocycles. The third-order valence-corrected chi connectivity index (χ3v) is 2.17. The zero-order chi connectivity index (χ0) is 14.0. The summed E-state index contributed by atoms with van der Waals surface area (Å²) in [7, 11) is 0. The van der Waals surface area contributed by atoms with Gasteiger partial charge in [-0.3, -0.25) is 9.59 Å². The van der Waals surface area contributed by atoms with Gasteiger partial charge in [-0.25, -0.2) is 0 Å². The molecule has 0 aromatic heterocycles. The molecule has 0 N–H and O–H groups in total. The molecule has 0 atom stereocenters. The molecule has 94 valence electrons. The molecule has 2 nitrogen and oxygen atoms in total. The summed E-state index contributed by atoms with van der Waals surface area (Å²) >= 11 is 0. The first-order valence-electron chi connectivity index (χ1n) is 5.57. The number of carbonyl (C=O) groups is 2. The summed E-state index contributed by atoms with van der Waals surface area (Å²) < 4.78 is 0. The topological polar surface area (TPSA) is 34.1 Å². The fourth-order valence-corrected chi connectivity index (χ4v) is 1.23. The summed E-state index contributed by atoms with van der Waals surface area (Å²) in [5.41, 5.74) is 0.802. The van der Waals surface area contributed by atoms with Gasteiger partial charge in [0.1, 0.15) is 0 Å². The Balaban J connectivity index is 4.90. The van der Waals surface area contributed by atoms with Crippen LogP contribution < -0.4 is 0 Å². The van der Waals surface area contributed by atoms with E-state index >= 15 is 0 Å². The van der Waals surface area contributed by atoms with Gasteiger partial charge in [-0.05, 0) is 6.92 Å². The summed E-state index contributed by atoms with van der Waals surface area (Å²) in [6, 6.07) is 0. The van der Waals surface area contributed by atoms with Crippen LogP contribution in [0.5, 0.6) is 0 Å². The van der Waals surface area contributed by atoms with Crippen molar-refractivity contribution < 1.29 is 9.59 Å². The van der Waals surface area contributed by atoms with Crippen molar-refractivity contribution in [1.29, 1.82) is 0 Å². The second-order valence-corrected chi connectivity index (χ2v) is 3.44. The second kappa shape index (κ2) is 8.88. The Kier molecular flexibility index (Phi) is 7.78. The van der Waals surface area contributed by atoms with E-state index in [1.54, 1.807) is 18.2 Å². The van der Waals surface area contributed by atoms with Crippen LogP contribution in [-0.2, 0) is 9.59 Å². The summed E-state index contributed by atoms with van der Waals surface area (Å²) in [6.45, 7) is 12.4. The number of ketones is 2. The van der Waals surface area contributed by atoms with Crippen LogP contribution in [0.1, 0.15) is 13.3 Å². The number of hydrogen-bond acceptors (Lipinski definition) is 2. The Morgan fingerprint density at radius 1 is 0.944 bits per heavy atom. The zero-order valence-corrected chi connectivity index (χ0v) is 10.7. The lowest BCUT2D eigenvalue weighted by molar-refractivity contribution is -0.122. The highest BCUT2D eigenvalue weighted by atomic mass is 16.1. The molecule has 0 fully saturated rings. The summed E-state index contributed by atoms with van der Waals surface area (Å²) in [5.74, 6) is -0.534. The van der Waals surface area contributed by atoms with Crippen molar-refractivity contribution in [3.63, 3.8) is 0 Å². The summed E-state index contributed by atoms with van der Waals surface area (Å²) in [5, 5.41) is 0. The minimum Gasteiger partial charge on any atom is -0.294 e. The standard InChI is InChI=1S/C16H18O2/c1-5-9-11-14(8-4)16(18)12-15(17)13(7-3)10-6-2/h5-11H,2-4,12H2,1H3/b9-5-,13-10+,14-11+. The SMILES string of the molecule is C=C/C=C(\C=C)C(=O)CC(=O)/C(C=C)=C/C=C\C. The largest absolute Gasteiger partial charge is 0.294 e. The van der Waals surface area contributed by atoms with Crippen LogP contribution in [0.2, 0.25) is 0 Å². The minimum atomic E-state index is -0.275.